The third kappa shape index (κ3) is 4.32. The maximum Gasteiger partial charge on any atom is 0.253 e. The minimum Gasteiger partial charge on any atom is -0.348 e. The standard InChI is InChI=1S/C19H21ClN2OS/c1-24-16-7-8-18(20)17(11-16)19(23)21-15-9-10-22(13-15)12-14-5-3-2-4-6-14/h2-8,11,15H,9-10,12-13H2,1H3,(H,21,23)/t15-/m0/s1. The average molecular weight is 361 g/mol. The number of halogens is 1. The molecule has 0 radical (unpaired) electrons. The Morgan fingerprint density at radius 2 is 2.08 bits per heavy atom. The van der Waals surface area contributed by atoms with Crippen molar-refractivity contribution < 1.29 is 4.79 Å². The molecule has 1 amide bonds. The minimum absolute atomic E-state index is 0.0811. The van der Waals surface area contributed by atoms with Crippen molar-refractivity contribution in [2.24, 2.45) is 0 Å². The molecule has 126 valence electrons. The average Bonchev–Trinajstić information content (AvgIpc) is 3.03. The number of benzene rings is 2. The lowest BCUT2D eigenvalue weighted by Crippen LogP contribution is -2.37. The summed E-state index contributed by atoms with van der Waals surface area (Å²) in [5, 5.41) is 3.63. The SMILES string of the molecule is CSc1ccc(Cl)c(C(=O)N[C@H]2CCN(Cc3ccccc3)C2)c1. The highest BCUT2D eigenvalue weighted by Crippen LogP contribution is 2.23. The Labute approximate surface area is 152 Å². The molecule has 3 nitrogen and oxygen atoms in total. The van der Waals surface area contributed by atoms with E-state index < -0.39 is 0 Å². The van der Waals surface area contributed by atoms with E-state index in [0.717, 1.165) is 31.0 Å². The molecule has 2 aromatic carbocycles. The molecule has 1 aliphatic rings. The molecule has 0 aromatic heterocycles. The summed E-state index contributed by atoms with van der Waals surface area (Å²) in [4.78, 5) is 15.9. The van der Waals surface area contributed by atoms with Crippen molar-refractivity contribution >= 4 is 29.3 Å². The van der Waals surface area contributed by atoms with Gasteiger partial charge >= 0.3 is 0 Å². The van der Waals surface area contributed by atoms with Gasteiger partial charge in [-0.1, -0.05) is 41.9 Å². The van der Waals surface area contributed by atoms with E-state index in [1.807, 2.05) is 24.5 Å². The number of nitrogens with one attached hydrogen (secondary N) is 1. The largest absolute Gasteiger partial charge is 0.348 e. The number of carbonyl (C=O) groups excluding carboxylic acids is 1. The molecule has 1 heterocycles. The molecule has 24 heavy (non-hydrogen) atoms. The minimum atomic E-state index is -0.0811. The second-order valence-corrected chi connectivity index (χ2v) is 7.31. The zero-order valence-electron chi connectivity index (χ0n) is 13.7. The summed E-state index contributed by atoms with van der Waals surface area (Å²) in [6.07, 6.45) is 2.96. The van der Waals surface area contributed by atoms with E-state index in [9.17, 15) is 4.79 Å². The lowest BCUT2D eigenvalue weighted by molar-refractivity contribution is 0.0937. The van der Waals surface area contributed by atoms with Crippen LogP contribution in [0.15, 0.2) is 53.4 Å². The van der Waals surface area contributed by atoms with Crippen LogP contribution in [0.1, 0.15) is 22.3 Å². The normalized spacial score (nSPS) is 17.8. The molecule has 1 aliphatic heterocycles. The number of amides is 1. The summed E-state index contributed by atoms with van der Waals surface area (Å²) in [5.41, 5.74) is 1.87. The van der Waals surface area contributed by atoms with Gasteiger partial charge in [-0.2, -0.15) is 0 Å². The number of carbonyl (C=O) groups is 1. The first-order chi connectivity index (χ1) is 11.7. The first kappa shape index (κ1) is 17.3. The summed E-state index contributed by atoms with van der Waals surface area (Å²) in [6.45, 7) is 2.80. The van der Waals surface area contributed by atoms with E-state index in [-0.39, 0.29) is 11.9 Å². The van der Waals surface area contributed by atoms with Gasteiger partial charge in [-0.3, -0.25) is 9.69 Å². The van der Waals surface area contributed by atoms with Gasteiger partial charge in [0, 0.05) is 30.6 Å². The lowest BCUT2D eigenvalue weighted by Gasteiger charge is -2.17. The summed E-state index contributed by atoms with van der Waals surface area (Å²) in [6, 6.07) is 16.2. The molecular weight excluding hydrogens is 340 g/mol. The summed E-state index contributed by atoms with van der Waals surface area (Å²) < 4.78 is 0. The highest BCUT2D eigenvalue weighted by molar-refractivity contribution is 7.98. The van der Waals surface area contributed by atoms with Crippen molar-refractivity contribution in [3.05, 3.63) is 64.7 Å². The van der Waals surface area contributed by atoms with Crippen LogP contribution in [0.25, 0.3) is 0 Å². The van der Waals surface area contributed by atoms with Gasteiger partial charge in [0.05, 0.1) is 10.6 Å². The Morgan fingerprint density at radius 3 is 2.83 bits per heavy atom. The number of likely N-dealkylation sites (tertiary alicyclic amines) is 1. The molecule has 1 atom stereocenters. The topological polar surface area (TPSA) is 32.3 Å². The maximum atomic E-state index is 12.5. The molecule has 1 N–H and O–H groups in total. The second-order valence-electron chi connectivity index (χ2n) is 6.03. The monoisotopic (exact) mass is 360 g/mol. The van der Waals surface area contributed by atoms with E-state index in [0.29, 0.717) is 10.6 Å². The Bertz CT molecular complexity index is 708. The van der Waals surface area contributed by atoms with Crippen molar-refractivity contribution in [1.29, 1.82) is 0 Å². The van der Waals surface area contributed by atoms with Crippen molar-refractivity contribution in [3.8, 4) is 0 Å². The molecular formula is C19H21ClN2OS. The van der Waals surface area contributed by atoms with Gasteiger partial charge in [-0.15, -0.1) is 11.8 Å². The highest BCUT2D eigenvalue weighted by atomic mass is 35.5. The molecule has 1 fully saturated rings. The van der Waals surface area contributed by atoms with Crippen molar-refractivity contribution in [2.75, 3.05) is 19.3 Å². The summed E-state index contributed by atoms with van der Waals surface area (Å²) >= 11 is 7.80. The van der Waals surface area contributed by atoms with E-state index >= 15 is 0 Å². The van der Waals surface area contributed by atoms with Crippen LogP contribution in [-0.2, 0) is 6.54 Å². The molecule has 0 unspecified atom stereocenters. The zero-order chi connectivity index (χ0) is 16.9. The fourth-order valence-electron chi connectivity index (χ4n) is 3.00. The van der Waals surface area contributed by atoms with Crippen LogP contribution in [0.5, 0.6) is 0 Å². The molecule has 5 heteroatoms. The second kappa shape index (κ2) is 8.06. The number of thioether (sulfide) groups is 1. The van der Waals surface area contributed by atoms with Crippen LogP contribution in [0.2, 0.25) is 5.02 Å². The van der Waals surface area contributed by atoms with Crippen LogP contribution in [0.3, 0.4) is 0 Å². The fourth-order valence-corrected chi connectivity index (χ4v) is 3.65. The van der Waals surface area contributed by atoms with Crippen LogP contribution in [0.4, 0.5) is 0 Å². The number of hydrogen-bond acceptors (Lipinski definition) is 3. The molecule has 0 saturated carbocycles. The maximum absolute atomic E-state index is 12.5. The molecule has 0 spiro atoms. The third-order valence-electron chi connectivity index (χ3n) is 4.27. The van der Waals surface area contributed by atoms with Gasteiger partial charge < -0.3 is 5.32 Å². The first-order valence-corrected chi connectivity index (χ1v) is 9.66. The van der Waals surface area contributed by atoms with Gasteiger partial charge in [0.15, 0.2) is 0 Å². The van der Waals surface area contributed by atoms with Gasteiger partial charge in [-0.25, -0.2) is 0 Å². The van der Waals surface area contributed by atoms with E-state index in [1.165, 1.54) is 5.56 Å². The molecule has 2 aromatic rings. The molecule has 3 rings (SSSR count). The molecule has 1 saturated heterocycles. The smallest absolute Gasteiger partial charge is 0.253 e. The predicted molar refractivity (Wildman–Crippen MR) is 101 cm³/mol. The fraction of sp³-hybridized carbons (Fsp3) is 0.316. The van der Waals surface area contributed by atoms with E-state index in [4.69, 9.17) is 11.6 Å². The number of rotatable bonds is 5. The lowest BCUT2D eigenvalue weighted by atomic mass is 10.2. The van der Waals surface area contributed by atoms with Gasteiger partial charge in [0.2, 0.25) is 0 Å². The Kier molecular flexibility index (Phi) is 5.82. The molecule has 0 aliphatic carbocycles. The van der Waals surface area contributed by atoms with Crippen molar-refractivity contribution in [1.82, 2.24) is 10.2 Å². The van der Waals surface area contributed by atoms with Crippen LogP contribution in [0, 0.1) is 0 Å². The zero-order valence-corrected chi connectivity index (χ0v) is 15.2. The predicted octanol–water partition coefficient (Wildman–Crippen LogP) is 4.07. The number of nitrogens with zero attached hydrogens (tertiary/aromatic N) is 1. The molecule has 0 bridgehead atoms. The number of hydrogen-bond donors (Lipinski definition) is 1. The van der Waals surface area contributed by atoms with Gasteiger partial charge in [0.25, 0.3) is 5.91 Å². The Hall–Kier alpha value is -1.49. The summed E-state index contributed by atoms with van der Waals surface area (Å²) in [5.74, 6) is -0.0811. The highest BCUT2D eigenvalue weighted by Gasteiger charge is 2.24. The van der Waals surface area contributed by atoms with Gasteiger partial charge in [0.1, 0.15) is 0 Å². The van der Waals surface area contributed by atoms with Crippen LogP contribution < -0.4 is 5.32 Å². The van der Waals surface area contributed by atoms with E-state index in [1.54, 1.807) is 17.8 Å². The van der Waals surface area contributed by atoms with Crippen LogP contribution in [-0.4, -0.2) is 36.2 Å². The van der Waals surface area contributed by atoms with Gasteiger partial charge in [-0.05, 0) is 36.4 Å². The third-order valence-corrected chi connectivity index (χ3v) is 5.33. The van der Waals surface area contributed by atoms with E-state index in [2.05, 4.69) is 34.5 Å². The van der Waals surface area contributed by atoms with Crippen LogP contribution >= 0.6 is 23.4 Å². The van der Waals surface area contributed by atoms with Crippen molar-refractivity contribution in [2.45, 2.75) is 23.9 Å². The Morgan fingerprint density at radius 1 is 1.29 bits per heavy atom. The summed E-state index contributed by atoms with van der Waals surface area (Å²) in [7, 11) is 0. The Balaban J connectivity index is 1.58. The first-order valence-electron chi connectivity index (χ1n) is 8.06. The quantitative estimate of drug-likeness (QED) is 0.816. The van der Waals surface area contributed by atoms with Crippen molar-refractivity contribution in [3.63, 3.8) is 0 Å².